The molecule has 1 aromatic rings. The van der Waals surface area contributed by atoms with Crippen LogP contribution in [-0.4, -0.2) is 36.0 Å². The number of nitrogens with two attached hydrogens (primary N) is 1. The maximum atomic E-state index is 12.5. The zero-order valence-corrected chi connectivity index (χ0v) is 16.6. The Hall–Kier alpha value is -0.970. The van der Waals surface area contributed by atoms with Crippen LogP contribution < -0.4 is 11.1 Å². The highest BCUT2D eigenvalue weighted by atomic mass is 35.5. The van der Waals surface area contributed by atoms with Crippen molar-refractivity contribution in [3.63, 3.8) is 0 Å². The quantitative estimate of drug-likeness (QED) is 0.771. The molecule has 0 unspecified atom stereocenters. The average molecular weight is 388 g/mol. The second-order valence-corrected chi connectivity index (χ2v) is 7.15. The Kier molecular flexibility index (Phi) is 9.04. The Morgan fingerprint density at radius 1 is 1.08 bits per heavy atom. The van der Waals surface area contributed by atoms with Crippen LogP contribution in [0.5, 0.6) is 0 Å². The number of aryl methyl sites for hydroxylation is 1. The number of nitrogens with one attached hydrogen (secondary N) is 1. The highest BCUT2D eigenvalue weighted by Gasteiger charge is 2.27. The van der Waals surface area contributed by atoms with Crippen LogP contribution in [0.25, 0.3) is 0 Å². The van der Waals surface area contributed by atoms with E-state index in [0.29, 0.717) is 17.3 Å². The maximum Gasteiger partial charge on any atom is 0.251 e. The standard InChI is InChI=1S/C19H29N3O.2ClH/c1-14-7-8-15(20)13-18(14)19(23)21-16-9-11-22(12-10-16)17-5-3-2-4-6-17;;/h7-8,13,16-17H,2-6,9-12,20H2,1H3,(H,21,23);2*1H. The molecule has 1 saturated carbocycles. The van der Waals surface area contributed by atoms with Gasteiger partial charge in [-0.3, -0.25) is 4.79 Å². The predicted octanol–water partition coefficient (Wildman–Crippen LogP) is 3.95. The van der Waals surface area contributed by atoms with Crippen LogP contribution in [0.4, 0.5) is 5.69 Å². The number of amides is 1. The number of hydrogen-bond donors (Lipinski definition) is 2. The molecule has 2 fully saturated rings. The number of nitrogen functional groups attached to an aromatic ring is 1. The fraction of sp³-hybridized carbons (Fsp3) is 0.632. The molecule has 3 N–H and O–H groups in total. The van der Waals surface area contributed by atoms with Gasteiger partial charge in [0.25, 0.3) is 5.91 Å². The molecule has 0 atom stereocenters. The molecule has 1 saturated heterocycles. The summed E-state index contributed by atoms with van der Waals surface area (Å²) < 4.78 is 0. The smallest absolute Gasteiger partial charge is 0.251 e. The lowest BCUT2D eigenvalue weighted by Crippen LogP contribution is -2.48. The third-order valence-corrected chi connectivity index (χ3v) is 5.46. The third-order valence-electron chi connectivity index (χ3n) is 5.46. The number of benzene rings is 1. The summed E-state index contributed by atoms with van der Waals surface area (Å²) in [5.74, 6) is 0.0194. The largest absolute Gasteiger partial charge is 0.399 e. The lowest BCUT2D eigenvalue weighted by molar-refractivity contribution is 0.0865. The summed E-state index contributed by atoms with van der Waals surface area (Å²) in [4.78, 5) is 15.1. The van der Waals surface area contributed by atoms with Gasteiger partial charge in [-0.15, -0.1) is 24.8 Å². The van der Waals surface area contributed by atoms with Crippen molar-refractivity contribution in [2.45, 2.75) is 64.0 Å². The van der Waals surface area contributed by atoms with E-state index in [0.717, 1.165) is 37.5 Å². The summed E-state index contributed by atoms with van der Waals surface area (Å²) in [6.07, 6.45) is 9.01. The summed E-state index contributed by atoms with van der Waals surface area (Å²) >= 11 is 0. The second-order valence-electron chi connectivity index (χ2n) is 7.15. The first-order chi connectivity index (χ1) is 11.1. The minimum absolute atomic E-state index is 0. The number of hydrogen-bond acceptors (Lipinski definition) is 3. The molecule has 142 valence electrons. The summed E-state index contributed by atoms with van der Waals surface area (Å²) in [7, 11) is 0. The Balaban J connectivity index is 0.00000156. The molecule has 4 nitrogen and oxygen atoms in total. The van der Waals surface area contributed by atoms with Crippen molar-refractivity contribution in [2.75, 3.05) is 18.8 Å². The van der Waals surface area contributed by atoms with E-state index < -0.39 is 0 Å². The van der Waals surface area contributed by atoms with E-state index in [1.54, 1.807) is 6.07 Å². The van der Waals surface area contributed by atoms with Gasteiger partial charge >= 0.3 is 0 Å². The number of likely N-dealkylation sites (tertiary alicyclic amines) is 1. The number of carbonyl (C=O) groups excluding carboxylic acids is 1. The Morgan fingerprint density at radius 2 is 1.72 bits per heavy atom. The van der Waals surface area contributed by atoms with E-state index in [2.05, 4.69) is 10.2 Å². The minimum Gasteiger partial charge on any atom is -0.399 e. The van der Waals surface area contributed by atoms with Crippen molar-refractivity contribution in [1.29, 1.82) is 0 Å². The van der Waals surface area contributed by atoms with Gasteiger partial charge in [0, 0.05) is 36.4 Å². The van der Waals surface area contributed by atoms with E-state index in [9.17, 15) is 4.79 Å². The highest BCUT2D eigenvalue weighted by molar-refractivity contribution is 5.96. The summed E-state index contributed by atoms with van der Waals surface area (Å²) in [5.41, 5.74) is 8.15. The fourth-order valence-corrected chi connectivity index (χ4v) is 4.00. The zero-order chi connectivity index (χ0) is 16.2. The van der Waals surface area contributed by atoms with Crippen molar-refractivity contribution >= 4 is 36.4 Å². The van der Waals surface area contributed by atoms with Crippen molar-refractivity contribution in [2.24, 2.45) is 0 Å². The monoisotopic (exact) mass is 387 g/mol. The van der Waals surface area contributed by atoms with Crippen LogP contribution in [-0.2, 0) is 0 Å². The topological polar surface area (TPSA) is 58.4 Å². The van der Waals surface area contributed by atoms with Gasteiger partial charge in [0.2, 0.25) is 0 Å². The first-order valence-corrected chi connectivity index (χ1v) is 9.04. The summed E-state index contributed by atoms with van der Waals surface area (Å²) in [6, 6.07) is 6.62. The molecule has 2 aliphatic rings. The predicted molar refractivity (Wildman–Crippen MR) is 109 cm³/mol. The van der Waals surface area contributed by atoms with E-state index in [1.165, 1.54) is 32.1 Å². The molecule has 0 aromatic heterocycles. The number of nitrogens with zero attached hydrogens (tertiary/aromatic N) is 1. The first-order valence-electron chi connectivity index (χ1n) is 9.04. The number of carbonyl (C=O) groups is 1. The van der Waals surface area contributed by atoms with Crippen LogP contribution in [0.1, 0.15) is 60.9 Å². The Morgan fingerprint density at radius 3 is 2.36 bits per heavy atom. The van der Waals surface area contributed by atoms with Gasteiger partial charge in [-0.2, -0.15) is 0 Å². The second kappa shape index (κ2) is 10.2. The number of piperidine rings is 1. The maximum absolute atomic E-state index is 12.5. The summed E-state index contributed by atoms with van der Waals surface area (Å²) in [5, 5.41) is 3.21. The fourth-order valence-electron chi connectivity index (χ4n) is 4.00. The molecule has 6 heteroatoms. The Bertz CT molecular complexity index is 554. The SMILES string of the molecule is Cc1ccc(N)cc1C(=O)NC1CCN(C2CCCCC2)CC1.Cl.Cl. The molecule has 1 aliphatic heterocycles. The molecule has 0 bridgehead atoms. The minimum atomic E-state index is 0. The van der Waals surface area contributed by atoms with Crippen LogP contribution in [0.15, 0.2) is 18.2 Å². The normalized spacial score (nSPS) is 19.6. The van der Waals surface area contributed by atoms with Crippen LogP contribution >= 0.6 is 24.8 Å². The van der Waals surface area contributed by atoms with Gasteiger partial charge in [-0.25, -0.2) is 0 Å². The van der Waals surface area contributed by atoms with Gasteiger partial charge in [0.1, 0.15) is 0 Å². The van der Waals surface area contributed by atoms with Crippen molar-refractivity contribution in [3.05, 3.63) is 29.3 Å². The molecule has 1 aliphatic carbocycles. The molecule has 0 radical (unpaired) electrons. The molecule has 3 rings (SSSR count). The third kappa shape index (κ3) is 5.77. The zero-order valence-electron chi connectivity index (χ0n) is 15.0. The van der Waals surface area contributed by atoms with Crippen LogP contribution in [0.2, 0.25) is 0 Å². The molecular weight excluding hydrogens is 357 g/mol. The highest BCUT2D eigenvalue weighted by Crippen LogP contribution is 2.25. The van der Waals surface area contributed by atoms with Gasteiger partial charge in [-0.1, -0.05) is 25.3 Å². The van der Waals surface area contributed by atoms with Gasteiger partial charge in [-0.05, 0) is 50.3 Å². The summed E-state index contributed by atoms with van der Waals surface area (Å²) in [6.45, 7) is 4.19. The van der Waals surface area contributed by atoms with Crippen LogP contribution in [0.3, 0.4) is 0 Å². The Labute approximate surface area is 163 Å². The molecule has 25 heavy (non-hydrogen) atoms. The van der Waals surface area contributed by atoms with Gasteiger partial charge in [0.15, 0.2) is 0 Å². The van der Waals surface area contributed by atoms with Crippen molar-refractivity contribution in [1.82, 2.24) is 10.2 Å². The van der Waals surface area contributed by atoms with Crippen LogP contribution in [0, 0.1) is 6.92 Å². The molecular formula is C19H31Cl2N3O. The van der Waals surface area contributed by atoms with E-state index >= 15 is 0 Å². The molecule has 0 spiro atoms. The van der Waals surface area contributed by atoms with E-state index in [-0.39, 0.29) is 30.7 Å². The molecule has 1 heterocycles. The lowest BCUT2D eigenvalue weighted by atomic mass is 9.92. The van der Waals surface area contributed by atoms with Gasteiger partial charge < -0.3 is 16.0 Å². The van der Waals surface area contributed by atoms with E-state index in [4.69, 9.17) is 5.73 Å². The van der Waals surface area contributed by atoms with Crippen molar-refractivity contribution < 1.29 is 4.79 Å². The number of rotatable bonds is 3. The number of anilines is 1. The molecule has 1 amide bonds. The van der Waals surface area contributed by atoms with Crippen molar-refractivity contribution in [3.8, 4) is 0 Å². The lowest BCUT2D eigenvalue weighted by Gasteiger charge is -2.39. The van der Waals surface area contributed by atoms with E-state index in [1.807, 2.05) is 19.1 Å². The first kappa shape index (κ1) is 22.1. The molecule has 1 aromatic carbocycles. The average Bonchev–Trinajstić information content (AvgIpc) is 2.58. The van der Waals surface area contributed by atoms with Gasteiger partial charge in [0.05, 0.1) is 0 Å². The number of halogens is 2.